The van der Waals surface area contributed by atoms with Crippen LogP contribution >= 0.6 is 0 Å². The lowest BCUT2D eigenvalue weighted by Gasteiger charge is -1.98. The van der Waals surface area contributed by atoms with E-state index in [4.69, 9.17) is 4.11 Å². The zero-order valence-corrected chi connectivity index (χ0v) is 6.63. The van der Waals surface area contributed by atoms with Crippen LogP contribution in [0.25, 0.3) is 6.08 Å². The van der Waals surface area contributed by atoms with Gasteiger partial charge >= 0.3 is 0 Å². The van der Waals surface area contributed by atoms with Gasteiger partial charge in [-0.05, 0) is 26.8 Å². The zero-order valence-electron chi connectivity index (χ0n) is 9.63. The fourth-order valence-electron chi connectivity index (χ4n) is 0.850. The van der Waals surface area contributed by atoms with Gasteiger partial charge in [0.15, 0.2) is 0 Å². The lowest BCUT2D eigenvalue weighted by molar-refractivity contribution is 1.04. The largest absolute Gasteiger partial charge is 0.255 e. The topological polar surface area (TPSA) is 25.8 Å². The molecule has 1 heterocycles. The first-order chi connectivity index (χ1) is 6.38. The third-order valence-electron chi connectivity index (χ3n) is 1.35. The molecule has 0 atom stereocenters. The van der Waals surface area contributed by atoms with Crippen molar-refractivity contribution in [2.75, 3.05) is 0 Å². The molecule has 0 aliphatic heterocycles. The Labute approximate surface area is 71.2 Å². The molecule has 0 fully saturated rings. The van der Waals surface area contributed by atoms with Crippen LogP contribution in [0.2, 0.25) is 0 Å². The van der Waals surface area contributed by atoms with E-state index in [2.05, 4.69) is 9.97 Å². The van der Waals surface area contributed by atoms with Gasteiger partial charge in [-0.3, -0.25) is 9.97 Å². The second-order valence-electron chi connectivity index (χ2n) is 2.32. The number of allylic oxidation sites excluding steroid dienone is 1. The summed E-state index contributed by atoms with van der Waals surface area (Å²) in [5.74, 6) is 0. The number of hydrogen-bond acceptors (Lipinski definition) is 2. The fourth-order valence-corrected chi connectivity index (χ4v) is 0.850. The van der Waals surface area contributed by atoms with Crippen LogP contribution in [0.1, 0.15) is 28.0 Å². The fraction of sp³-hybridized carbons (Fsp3) is 0.333. The number of rotatable bonds is 1. The minimum atomic E-state index is -2.06. The second-order valence-corrected chi connectivity index (χ2v) is 2.32. The number of hydrogen-bond donors (Lipinski definition) is 0. The summed E-state index contributed by atoms with van der Waals surface area (Å²) in [4.78, 5) is 8.26. The molecule has 1 aromatic rings. The third kappa shape index (κ3) is 1.87. The Hall–Kier alpha value is -1.18. The van der Waals surface area contributed by atoms with Gasteiger partial charge in [0.2, 0.25) is 0 Å². The molecule has 0 N–H and O–H groups in total. The highest BCUT2D eigenvalue weighted by Gasteiger charge is 1.95. The molecule has 0 saturated carbocycles. The van der Waals surface area contributed by atoms with E-state index in [0.29, 0.717) is 5.69 Å². The van der Waals surface area contributed by atoms with E-state index >= 15 is 0 Å². The quantitative estimate of drug-likeness (QED) is 0.614. The van der Waals surface area contributed by atoms with Crippen molar-refractivity contribution < 1.29 is 4.11 Å². The Balaban J connectivity index is 2.93. The predicted molar refractivity (Wildman–Crippen MR) is 46.2 cm³/mol. The van der Waals surface area contributed by atoms with Gasteiger partial charge in [0.05, 0.1) is 17.1 Å². The smallest absolute Gasteiger partial charge is 0.0839 e. The Kier molecular flexibility index (Phi) is 1.39. The van der Waals surface area contributed by atoms with Gasteiger partial charge in [-0.15, -0.1) is 0 Å². The van der Waals surface area contributed by atoms with Crippen molar-refractivity contribution in [1.29, 1.82) is 0 Å². The van der Waals surface area contributed by atoms with E-state index in [1.54, 1.807) is 13.1 Å². The van der Waals surface area contributed by atoms with Crippen LogP contribution in [0.4, 0.5) is 0 Å². The van der Waals surface area contributed by atoms with Gasteiger partial charge < -0.3 is 0 Å². The van der Waals surface area contributed by atoms with Gasteiger partial charge in [0.25, 0.3) is 0 Å². The molecule has 0 bridgehead atoms. The Bertz CT molecular complexity index is 356. The SMILES string of the molecule is [2H]C([2H])([2H])/C=C/c1ncc(C)nc1C. The highest BCUT2D eigenvalue weighted by molar-refractivity contribution is 5.46. The first-order valence-corrected chi connectivity index (χ1v) is 3.38. The number of aromatic nitrogens is 2. The lowest BCUT2D eigenvalue weighted by Crippen LogP contribution is -1.92. The van der Waals surface area contributed by atoms with Crippen LogP contribution < -0.4 is 0 Å². The molecule has 0 amide bonds. The van der Waals surface area contributed by atoms with Crippen molar-refractivity contribution in [3.63, 3.8) is 0 Å². The number of aryl methyl sites for hydroxylation is 2. The van der Waals surface area contributed by atoms with Crippen molar-refractivity contribution in [3.05, 3.63) is 29.4 Å². The summed E-state index contributed by atoms with van der Waals surface area (Å²) < 4.78 is 21.0. The summed E-state index contributed by atoms with van der Waals surface area (Å²) >= 11 is 0. The summed E-state index contributed by atoms with van der Waals surface area (Å²) in [5.41, 5.74) is 2.17. The van der Waals surface area contributed by atoms with Crippen molar-refractivity contribution in [2.24, 2.45) is 0 Å². The maximum Gasteiger partial charge on any atom is 0.0839 e. The second kappa shape index (κ2) is 3.28. The molecule has 0 aliphatic carbocycles. The van der Waals surface area contributed by atoms with Crippen LogP contribution in [0.3, 0.4) is 0 Å². The maximum absolute atomic E-state index is 6.99. The molecule has 58 valence electrons. The van der Waals surface area contributed by atoms with E-state index in [1.165, 1.54) is 6.08 Å². The molecule has 0 unspecified atom stereocenters. The molecule has 1 aromatic heterocycles. The van der Waals surface area contributed by atoms with Gasteiger partial charge in [-0.25, -0.2) is 0 Å². The standard InChI is InChI=1S/C9H12N2/c1-4-5-9-8(3)11-7(2)6-10-9/h4-6H,1-3H3/b5-4+/i1D3. The molecule has 1 rings (SSSR count). The maximum atomic E-state index is 6.99. The predicted octanol–water partition coefficient (Wildman–Crippen LogP) is 2.13. The van der Waals surface area contributed by atoms with Gasteiger partial charge in [0, 0.05) is 10.3 Å². The first kappa shape index (κ1) is 4.65. The highest BCUT2D eigenvalue weighted by atomic mass is 14.8. The summed E-state index contributed by atoms with van der Waals surface area (Å²) in [5, 5.41) is 0. The third-order valence-corrected chi connectivity index (χ3v) is 1.35. The molecule has 0 saturated heterocycles. The molecular weight excluding hydrogens is 136 g/mol. The highest BCUT2D eigenvalue weighted by Crippen LogP contribution is 2.03. The molecule has 0 aliphatic rings. The normalized spacial score (nSPS) is 16.0. The van der Waals surface area contributed by atoms with Crippen LogP contribution in [0, 0.1) is 13.8 Å². The molecule has 11 heavy (non-hydrogen) atoms. The molecule has 2 heteroatoms. The van der Waals surface area contributed by atoms with E-state index in [-0.39, 0.29) is 0 Å². The average molecular weight is 151 g/mol. The van der Waals surface area contributed by atoms with Gasteiger partial charge in [-0.2, -0.15) is 0 Å². The Morgan fingerprint density at radius 1 is 1.55 bits per heavy atom. The van der Waals surface area contributed by atoms with Crippen molar-refractivity contribution in [2.45, 2.75) is 20.7 Å². The minimum Gasteiger partial charge on any atom is -0.255 e. The van der Waals surface area contributed by atoms with Crippen LogP contribution in [0.5, 0.6) is 0 Å². The van der Waals surface area contributed by atoms with Gasteiger partial charge in [0.1, 0.15) is 0 Å². The molecule has 2 nitrogen and oxygen atoms in total. The van der Waals surface area contributed by atoms with E-state index < -0.39 is 6.85 Å². The molecular formula is C9H12N2. The van der Waals surface area contributed by atoms with Crippen LogP contribution in [0.15, 0.2) is 12.3 Å². The summed E-state index contributed by atoms with van der Waals surface area (Å²) in [6.07, 6.45) is 4.25. The Morgan fingerprint density at radius 2 is 2.36 bits per heavy atom. The van der Waals surface area contributed by atoms with E-state index in [0.717, 1.165) is 17.5 Å². The summed E-state index contributed by atoms with van der Waals surface area (Å²) in [6, 6.07) is 0. The summed E-state index contributed by atoms with van der Waals surface area (Å²) in [7, 11) is 0. The first-order valence-electron chi connectivity index (χ1n) is 4.88. The van der Waals surface area contributed by atoms with E-state index in [1.807, 2.05) is 6.92 Å². The van der Waals surface area contributed by atoms with E-state index in [9.17, 15) is 0 Å². The van der Waals surface area contributed by atoms with Crippen LogP contribution in [-0.2, 0) is 0 Å². The molecule has 0 aromatic carbocycles. The van der Waals surface area contributed by atoms with Crippen molar-refractivity contribution in [1.82, 2.24) is 9.97 Å². The number of nitrogens with zero attached hydrogens (tertiary/aromatic N) is 2. The molecule has 0 spiro atoms. The minimum absolute atomic E-state index is 0.603. The van der Waals surface area contributed by atoms with Crippen molar-refractivity contribution >= 4 is 6.08 Å². The zero-order chi connectivity index (χ0) is 10.8. The lowest BCUT2D eigenvalue weighted by atomic mass is 10.3. The summed E-state index contributed by atoms with van der Waals surface area (Å²) in [6.45, 7) is 1.59. The van der Waals surface area contributed by atoms with Crippen LogP contribution in [-0.4, -0.2) is 9.97 Å². The van der Waals surface area contributed by atoms with Gasteiger partial charge in [-0.1, -0.05) is 6.08 Å². The molecule has 0 radical (unpaired) electrons. The Morgan fingerprint density at radius 3 is 3.00 bits per heavy atom. The van der Waals surface area contributed by atoms with Crippen molar-refractivity contribution in [3.8, 4) is 0 Å². The average Bonchev–Trinajstić information content (AvgIpc) is 2.00. The monoisotopic (exact) mass is 151 g/mol.